The molecule has 3 aromatic rings. The topological polar surface area (TPSA) is 204 Å². The largest absolute Gasteiger partial charge is 0.370 e. The maximum absolute atomic E-state index is 13.7. The van der Waals surface area contributed by atoms with Crippen molar-refractivity contribution < 1.29 is 28.8 Å². The highest BCUT2D eigenvalue weighted by atomic mass is 16.2. The van der Waals surface area contributed by atoms with Gasteiger partial charge in [0.25, 0.3) is 0 Å². The van der Waals surface area contributed by atoms with Crippen molar-refractivity contribution in [2.45, 2.75) is 50.2 Å². The summed E-state index contributed by atoms with van der Waals surface area (Å²) in [6, 6.07) is 13.1. The minimum atomic E-state index is -1.21. The molecule has 2 heterocycles. The molecule has 1 fully saturated rings. The fourth-order valence-electron chi connectivity index (χ4n) is 4.82. The number of aromatic nitrogens is 1. The molecule has 4 rings (SSSR count). The number of nitrogens with one attached hydrogen (secondary N) is 6. The van der Waals surface area contributed by atoms with Crippen LogP contribution in [-0.4, -0.2) is 71.6 Å². The van der Waals surface area contributed by atoms with Gasteiger partial charge in [-0.3, -0.25) is 28.8 Å². The first-order valence-electron chi connectivity index (χ1n) is 14.0. The van der Waals surface area contributed by atoms with E-state index in [-0.39, 0.29) is 38.6 Å². The number of nitrogens with two attached hydrogens (primary N) is 1. The molecule has 1 saturated heterocycles. The summed E-state index contributed by atoms with van der Waals surface area (Å²) in [7, 11) is 0. The van der Waals surface area contributed by atoms with Crippen molar-refractivity contribution >= 4 is 46.3 Å². The first-order valence-corrected chi connectivity index (χ1v) is 14.0. The van der Waals surface area contributed by atoms with E-state index in [4.69, 9.17) is 5.73 Å². The van der Waals surface area contributed by atoms with Gasteiger partial charge in [-0.2, -0.15) is 0 Å². The first-order chi connectivity index (χ1) is 20.7. The number of carbonyl (C=O) groups is 6. The maximum Gasteiger partial charge on any atom is 0.243 e. The van der Waals surface area contributed by atoms with Gasteiger partial charge in [0.05, 0.1) is 6.54 Å². The van der Waals surface area contributed by atoms with Gasteiger partial charge in [0, 0.05) is 49.3 Å². The van der Waals surface area contributed by atoms with Gasteiger partial charge in [0.2, 0.25) is 35.4 Å². The molecular weight excluding hydrogens is 554 g/mol. The number of para-hydroxylation sites is 1. The molecule has 13 heteroatoms. The van der Waals surface area contributed by atoms with E-state index in [0.29, 0.717) is 0 Å². The SMILES string of the molecule is NC(=O)CCC1NC(=O)[C@H](Cc2c[nH]c3ccccc23)NC(=O)C(Cc2ccccc2)NC(=O)CCNC(=O)CNC1=O. The number of rotatable bonds is 7. The van der Waals surface area contributed by atoms with Crippen molar-refractivity contribution in [3.8, 4) is 0 Å². The van der Waals surface area contributed by atoms with Crippen molar-refractivity contribution in [3.05, 3.63) is 71.9 Å². The molecule has 43 heavy (non-hydrogen) atoms. The number of amides is 6. The van der Waals surface area contributed by atoms with E-state index in [1.807, 2.05) is 54.6 Å². The monoisotopic (exact) mass is 589 g/mol. The molecule has 2 aromatic carbocycles. The number of benzene rings is 2. The third-order valence-electron chi connectivity index (χ3n) is 7.08. The molecule has 8 N–H and O–H groups in total. The van der Waals surface area contributed by atoms with Crippen LogP contribution < -0.4 is 32.3 Å². The average molecular weight is 590 g/mol. The number of fused-ring (bicyclic) bond motifs is 1. The molecule has 1 aliphatic rings. The molecule has 3 atom stereocenters. The van der Waals surface area contributed by atoms with Gasteiger partial charge >= 0.3 is 0 Å². The van der Waals surface area contributed by atoms with Gasteiger partial charge in [0.15, 0.2) is 0 Å². The van der Waals surface area contributed by atoms with Crippen LogP contribution in [0.15, 0.2) is 60.8 Å². The molecule has 1 aliphatic heterocycles. The van der Waals surface area contributed by atoms with Gasteiger partial charge < -0.3 is 37.3 Å². The van der Waals surface area contributed by atoms with Crippen molar-refractivity contribution in [1.82, 2.24) is 31.6 Å². The molecular formula is C30H35N7O6. The fourth-order valence-corrected chi connectivity index (χ4v) is 4.82. The van der Waals surface area contributed by atoms with E-state index in [0.717, 1.165) is 22.0 Å². The molecule has 0 saturated carbocycles. The first kappa shape index (κ1) is 30.8. The molecule has 6 amide bonds. The van der Waals surface area contributed by atoms with Crippen LogP contribution in [0.25, 0.3) is 10.9 Å². The second-order valence-corrected chi connectivity index (χ2v) is 10.3. The van der Waals surface area contributed by atoms with E-state index in [1.165, 1.54) is 0 Å². The summed E-state index contributed by atoms with van der Waals surface area (Å²) in [4.78, 5) is 80.0. The normalized spacial score (nSPS) is 20.8. The Morgan fingerprint density at radius 1 is 0.744 bits per heavy atom. The second kappa shape index (κ2) is 14.6. The number of H-pyrrole nitrogens is 1. The summed E-state index contributed by atoms with van der Waals surface area (Å²) in [5.74, 6) is -3.69. The number of hydrogen-bond acceptors (Lipinski definition) is 6. The van der Waals surface area contributed by atoms with Crippen molar-refractivity contribution in [3.63, 3.8) is 0 Å². The van der Waals surface area contributed by atoms with Crippen LogP contribution in [0.5, 0.6) is 0 Å². The number of carbonyl (C=O) groups excluding carboxylic acids is 6. The summed E-state index contributed by atoms with van der Waals surface area (Å²) < 4.78 is 0. The standard InChI is InChI=1S/C30H35N7O6/c31-25(38)11-10-22-28(41)34-17-27(40)32-13-12-26(39)35-23(14-18-6-2-1-3-7-18)29(42)37-24(30(43)36-22)15-19-16-33-21-9-5-4-8-20(19)21/h1-9,16,22-24,33H,10-15,17H2,(H2,31,38)(H,32,40)(H,34,41)(H,35,39)(H,36,43)(H,37,42)/t22?,23?,24-/m0/s1. The molecule has 0 aliphatic carbocycles. The molecule has 2 unspecified atom stereocenters. The predicted octanol–water partition coefficient (Wildman–Crippen LogP) is -0.691. The highest BCUT2D eigenvalue weighted by Crippen LogP contribution is 2.19. The molecule has 0 spiro atoms. The smallest absolute Gasteiger partial charge is 0.243 e. The Hall–Kier alpha value is -5.20. The quantitative estimate of drug-likeness (QED) is 0.190. The van der Waals surface area contributed by atoms with Crippen LogP contribution in [0.2, 0.25) is 0 Å². The molecule has 0 bridgehead atoms. The number of aromatic amines is 1. The van der Waals surface area contributed by atoms with Crippen LogP contribution in [0.4, 0.5) is 0 Å². The zero-order valence-electron chi connectivity index (χ0n) is 23.5. The lowest BCUT2D eigenvalue weighted by Crippen LogP contribution is -2.58. The van der Waals surface area contributed by atoms with Gasteiger partial charge in [-0.05, 0) is 23.6 Å². The lowest BCUT2D eigenvalue weighted by Gasteiger charge is -2.26. The summed E-state index contributed by atoms with van der Waals surface area (Å²) >= 11 is 0. The fraction of sp³-hybridized carbons (Fsp3) is 0.333. The Bertz CT molecular complexity index is 1490. The van der Waals surface area contributed by atoms with E-state index in [1.54, 1.807) is 6.20 Å². The second-order valence-electron chi connectivity index (χ2n) is 10.3. The Kier molecular flexibility index (Phi) is 10.5. The van der Waals surface area contributed by atoms with E-state index >= 15 is 0 Å². The Morgan fingerprint density at radius 2 is 1.42 bits per heavy atom. The van der Waals surface area contributed by atoms with Crippen LogP contribution in [0, 0.1) is 0 Å². The summed E-state index contributed by atoms with van der Waals surface area (Å²) in [5, 5.41) is 13.9. The van der Waals surface area contributed by atoms with Crippen molar-refractivity contribution in [1.29, 1.82) is 0 Å². The van der Waals surface area contributed by atoms with E-state index in [9.17, 15) is 28.8 Å². The van der Waals surface area contributed by atoms with Crippen LogP contribution >= 0.6 is 0 Å². The van der Waals surface area contributed by atoms with Crippen molar-refractivity contribution in [2.24, 2.45) is 5.73 Å². The van der Waals surface area contributed by atoms with E-state index < -0.39 is 60.1 Å². The van der Waals surface area contributed by atoms with Gasteiger partial charge in [0.1, 0.15) is 18.1 Å². The number of primary amides is 1. The average Bonchev–Trinajstić information content (AvgIpc) is 3.39. The Morgan fingerprint density at radius 3 is 2.16 bits per heavy atom. The highest BCUT2D eigenvalue weighted by molar-refractivity contribution is 5.96. The maximum atomic E-state index is 13.7. The molecule has 1 aromatic heterocycles. The Balaban J connectivity index is 1.66. The van der Waals surface area contributed by atoms with Crippen LogP contribution in [0.1, 0.15) is 30.4 Å². The van der Waals surface area contributed by atoms with Crippen molar-refractivity contribution in [2.75, 3.05) is 13.1 Å². The number of hydrogen-bond donors (Lipinski definition) is 7. The summed E-state index contributed by atoms with van der Waals surface area (Å²) in [5.41, 5.74) is 7.65. The zero-order chi connectivity index (χ0) is 30.8. The van der Waals surface area contributed by atoms with Gasteiger partial charge in [-0.15, -0.1) is 0 Å². The molecule has 226 valence electrons. The molecule has 13 nitrogen and oxygen atoms in total. The summed E-state index contributed by atoms with van der Waals surface area (Å²) in [6.45, 7) is -0.430. The molecule has 0 radical (unpaired) electrons. The summed E-state index contributed by atoms with van der Waals surface area (Å²) in [6.07, 6.45) is 1.52. The van der Waals surface area contributed by atoms with E-state index in [2.05, 4.69) is 31.6 Å². The van der Waals surface area contributed by atoms with Gasteiger partial charge in [-0.25, -0.2) is 0 Å². The van der Waals surface area contributed by atoms with Crippen LogP contribution in [-0.2, 0) is 41.6 Å². The lowest BCUT2D eigenvalue weighted by atomic mass is 10.0. The van der Waals surface area contributed by atoms with Crippen LogP contribution in [0.3, 0.4) is 0 Å². The zero-order valence-corrected chi connectivity index (χ0v) is 23.5. The minimum Gasteiger partial charge on any atom is -0.370 e. The third kappa shape index (κ3) is 8.89. The third-order valence-corrected chi connectivity index (χ3v) is 7.08. The lowest BCUT2D eigenvalue weighted by molar-refractivity contribution is -0.134. The predicted molar refractivity (Wildman–Crippen MR) is 157 cm³/mol. The minimum absolute atomic E-state index is 0.0226. The highest BCUT2D eigenvalue weighted by Gasteiger charge is 2.31. The van der Waals surface area contributed by atoms with Gasteiger partial charge in [-0.1, -0.05) is 48.5 Å². The Labute approximate surface area is 247 Å².